The van der Waals surface area contributed by atoms with Crippen LogP contribution in [0.25, 0.3) is 11.1 Å². The van der Waals surface area contributed by atoms with Crippen LogP contribution in [0.1, 0.15) is 0 Å². The smallest absolute Gasteiger partial charge is 0.146 e. The summed E-state index contributed by atoms with van der Waals surface area (Å²) in [6, 6.07) is 8.32. The van der Waals surface area contributed by atoms with Gasteiger partial charge in [0, 0.05) is 5.56 Å². The fraction of sp³-hybridized carbons (Fsp3) is 0. The predicted molar refractivity (Wildman–Crippen MR) is 61.2 cm³/mol. The predicted octanol–water partition coefficient (Wildman–Crippen LogP) is 3.87. The number of rotatable bonds is 1. The molecule has 0 bridgehead atoms. The standard InChI is InChI=1S/C12H8ClF2N/c13-10-6-8(14)2-3-9(10)7-1-4-12(16)11(15)5-7/h1-6H,16H2. The van der Waals surface area contributed by atoms with Crippen LogP contribution in [0.2, 0.25) is 5.02 Å². The van der Waals surface area contributed by atoms with Gasteiger partial charge in [-0.15, -0.1) is 0 Å². The lowest BCUT2D eigenvalue weighted by Gasteiger charge is -2.05. The van der Waals surface area contributed by atoms with Crippen molar-refractivity contribution in [2.45, 2.75) is 0 Å². The summed E-state index contributed by atoms with van der Waals surface area (Å²) in [4.78, 5) is 0. The number of halogens is 3. The molecule has 0 aromatic heterocycles. The Morgan fingerprint density at radius 1 is 1.00 bits per heavy atom. The Morgan fingerprint density at radius 2 is 1.75 bits per heavy atom. The molecule has 0 heterocycles. The third kappa shape index (κ3) is 1.99. The Morgan fingerprint density at radius 3 is 2.38 bits per heavy atom. The summed E-state index contributed by atoms with van der Waals surface area (Å²) >= 11 is 5.86. The van der Waals surface area contributed by atoms with E-state index < -0.39 is 11.6 Å². The topological polar surface area (TPSA) is 26.0 Å². The van der Waals surface area contributed by atoms with Gasteiger partial charge in [0.25, 0.3) is 0 Å². The van der Waals surface area contributed by atoms with Crippen LogP contribution in [0.4, 0.5) is 14.5 Å². The van der Waals surface area contributed by atoms with E-state index >= 15 is 0 Å². The van der Waals surface area contributed by atoms with E-state index in [9.17, 15) is 8.78 Å². The molecule has 0 aliphatic rings. The zero-order valence-corrected chi connectivity index (χ0v) is 8.93. The Kier molecular flexibility index (Phi) is 2.79. The van der Waals surface area contributed by atoms with Gasteiger partial charge in [-0.25, -0.2) is 8.78 Å². The normalized spacial score (nSPS) is 10.4. The lowest BCUT2D eigenvalue weighted by atomic mass is 10.1. The first kappa shape index (κ1) is 10.9. The summed E-state index contributed by atoms with van der Waals surface area (Å²) in [5.74, 6) is -0.942. The zero-order chi connectivity index (χ0) is 11.7. The first-order valence-corrected chi connectivity index (χ1v) is 4.96. The number of benzene rings is 2. The number of hydrogen-bond donors (Lipinski definition) is 1. The first-order valence-electron chi connectivity index (χ1n) is 4.58. The quantitative estimate of drug-likeness (QED) is 0.751. The van der Waals surface area contributed by atoms with Crippen molar-refractivity contribution in [3.05, 3.63) is 53.1 Å². The number of hydrogen-bond acceptors (Lipinski definition) is 1. The molecule has 2 aromatic carbocycles. The number of anilines is 1. The summed E-state index contributed by atoms with van der Waals surface area (Å²) in [7, 11) is 0. The molecule has 0 unspecified atom stereocenters. The summed E-state index contributed by atoms with van der Waals surface area (Å²) in [6.07, 6.45) is 0. The second kappa shape index (κ2) is 4.10. The maximum absolute atomic E-state index is 13.2. The van der Waals surface area contributed by atoms with Crippen LogP contribution in [-0.2, 0) is 0 Å². The third-order valence-electron chi connectivity index (χ3n) is 2.24. The van der Waals surface area contributed by atoms with E-state index in [1.54, 1.807) is 6.07 Å². The van der Waals surface area contributed by atoms with Gasteiger partial charge in [0.15, 0.2) is 0 Å². The highest BCUT2D eigenvalue weighted by Crippen LogP contribution is 2.29. The van der Waals surface area contributed by atoms with Crippen LogP contribution in [0.15, 0.2) is 36.4 Å². The van der Waals surface area contributed by atoms with E-state index in [1.165, 1.54) is 30.3 Å². The molecule has 0 radical (unpaired) electrons. The van der Waals surface area contributed by atoms with Gasteiger partial charge in [-0.05, 0) is 35.9 Å². The molecule has 2 aromatic rings. The highest BCUT2D eigenvalue weighted by atomic mass is 35.5. The molecule has 1 nitrogen and oxygen atoms in total. The molecule has 16 heavy (non-hydrogen) atoms. The van der Waals surface area contributed by atoms with Crippen LogP contribution < -0.4 is 5.73 Å². The van der Waals surface area contributed by atoms with E-state index in [1.807, 2.05) is 0 Å². The van der Waals surface area contributed by atoms with Crippen molar-refractivity contribution in [2.75, 3.05) is 5.73 Å². The van der Waals surface area contributed by atoms with Crippen molar-refractivity contribution in [1.29, 1.82) is 0 Å². The Labute approximate surface area is 96.5 Å². The zero-order valence-electron chi connectivity index (χ0n) is 8.18. The van der Waals surface area contributed by atoms with Crippen molar-refractivity contribution < 1.29 is 8.78 Å². The minimum absolute atomic E-state index is 0.0713. The molecule has 2 rings (SSSR count). The van der Waals surface area contributed by atoms with Crippen LogP contribution in [0.3, 0.4) is 0 Å². The summed E-state index contributed by atoms with van der Waals surface area (Å²) in [5, 5.41) is 0.240. The molecule has 0 fully saturated rings. The Hall–Kier alpha value is -1.61. The molecule has 0 saturated heterocycles. The van der Waals surface area contributed by atoms with Gasteiger partial charge >= 0.3 is 0 Å². The van der Waals surface area contributed by atoms with Crippen molar-refractivity contribution in [3.63, 3.8) is 0 Å². The maximum Gasteiger partial charge on any atom is 0.146 e. The van der Waals surface area contributed by atoms with E-state index in [4.69, 9.17) is 17.3 Å². The summed E-state index contributed by atoms with van der Waals surface area (Å²) in [5.41, 5.74) is 6.57. The van der Waals surface area contributed by atoms with Gasteiger partial charge in [-0.3, -0.25) is 0 Å². The average Bonchev–Trinajstić information content (AvgIpc) is 2.22. The van der Waals surface area contributed by atoms with Crippen LogP contribution >= 0.6 is 11.6 Å². The molecule has 0 saturated carbocycles. The van der Waals surface area contributed by atoms with Gasteiger partial charge in [-0.1, -0.05) is 17.7 Å². The fourth-order valence-electron chi connectivity index (χ4n) is 1.42. The largest absolute Gasteiger partial charge is 0.396 e. The first-order chi connectivity index (χ1) is 7.58. The molecule has 4 heteroatoms. The van der Waals surface area contributed by atoms with E-state index in [0.29, 0.717) is 11.1 Å². The molecule has 2 N–H and O–H groups in total. The van der Waals surface area contributed by atoms with Gasteiger partial charge in [-0.2, -0.15) is 0 Å². The van der Waals surface area contributed by atoms with Crippen molar-refractivity contribution in [1.82, 2.24) is 0 Å². The van der Waals surface area contributed by atoms with E-state index in [0.717, 1.165) is 0 Å². The van der Waals surface area contributed by atoms with Crippen molar-refractivity contribution >= 4 is 17.3 Å². The minimum Gasteiger partial charge on any atom is -0.396 e. The van der Waals surface area contributed by atoms with Gasteiger partial charge in [0.05, 0.1) is 10.7 Å². The average molecular weight is 240 g/mol. The maximum atomic E-state index is 13.2. The highest BCUT2D eigenvalue weighted by Gasteiger charge is 2.07. The molecular weight excluding hydrogens is 232 g/mol. The summed E-state index contributed by atoms with van der Waals surface area (Å²) < 4.78 is 26.1. The second-order valence-electron chi connectivity index (χ2n) is 3.36. The lowest BCUT2D eigenvalue weighted by molar-refractivity contribution is 0.628. The fourth-order valence-corrected chi connectivity index (χ4v) is 1.69. The van der Waals surface area contributed by atoms with Crippen molar-refractivity contribution in [3.8, 4) is 11.1 Å². The van der Waals surface area contributed by atoms with Gasteiger partial charge < -0.3 is 5.73 Å². The third-order valence-corrected chi connectivity index (χ3v) is 2.56. The van der Waals surface area contributed by atoms with Crippen LogP contribution in [0, 0.1) is 11.6 Å². The van der Waals surface area contributed by atoms with Crippen molar-refractivity contribution in [2.24, 2.45) is 0 Å². The van der Waals surface area contributed by atoms with Gasteiger partial charge in [0.2, 0.25) is 0 Å². The summed E-state index contributed by atoms with van der Waals surface area (Å²) in [6.45, 7) is 0. The number of nitrogens with two attached hydrogens (primary N) is 1. The molecule has 0 atom stereocenters. The van der Waals surface area contributed by atoms with E-state index in [2.05, 4.69) is 0 Å². The lowest BCUT2D eigenvalue weighted by Crippen LogP contribution is -1.91. The molecular formula is C12H8ClF2N. The molecule has 0 aliphatic heterocycles. The monoisotopic (exact) mass is 239 g/mol. The molecule has 0 spiro atoms. The van der Waals surface area contributed by atoms with Crippen LogP contribution in [0.5, 0.6) is 0 Å². The number of nitrogen functional groups attached to an aromatic ring is 1. The second-order valence-corrected chi connectivity index (χ2v) is 3.77. The molecule has 0 amide bonds. The van der Waals surface area contributed by atoms with Gasteiger partial charge in [0.1, 0.15) is 11.6 Å². The minimum atomic E-state index is -0.516. The Balaban J connectivity index is 2.54. The molecule has 82 valence electrons. The van der Waals surface area contributed by atoms with E-state index in [-0.39, 0.29) is 10.7 Å². The highest BCUT2D eigenvalue weighted by molar-refractivity contribution is 6.33. The SMILES string of the molecule is Nc1ccc(-c2ccc(F)cc2Cl)cc1F. The molecule has 0 aliphatic carbocycles. The Bertz CT molecular complexity index is 541. The van der Waals surface area contributed by atoms with Crippen LogP contribution in [-0.4, -0.2) is 0 Å².